The van der Waals surface area contributed by atoms with Gasteiger partial charge in [-0.3, -0.25) is 13.9 Å². The number of amides is 2. The number of carbonyl (C=O) groups excluding carboxylic acids is 2. The number of hydrogen-bond donors (Lipinski definition) is 1. The fourth-order valence-corrected chi connectivity index (χ4v) is 7.10. The second-order valence-corrected chi connectivity index (χ2v) is 13.8. The molecule has 0 saturated heterocycles. The van der Waals surface area contributed by atoms with Crippen LogP contribution in [0.4, 0.5) is 5.69 Å². The van der Waals surface area contributed by atoms with Crippen molar-refractivity contribution in [2.24, 2.45) is 0 Å². The number of nitrogens with one attached hydrogen (secondary N) is 1. The van der Waals surface area contributed by atoms with Crippen molar-refractivity contribution in [1.82, 2.24) is 10.2 Å². The topological polar surface area (TPSA) is 86.8 Å². The second kappa shape index (κ2) is 15.1. The number of carbonyl (C=O) groups is 2. The molecule has 4 rings (SSSR count). The summed E-state index contributed by atoms with van der Waals surface area (Å²) in [5, 5.41) is 3.99. The zero-order chi connectivity index (χ0) is 32.7. The third-order valence-electron chi connectivity index (χ3n) is 7.29. The molecular weight excluding hydrogens is 653 g/mol. The van der Waals surface area contributed by atoms with E-state index in [0.717, 1.165) is 15.4 Å². The van der Waals surface area contributed by atoms with Crippen LogP contribution in [0.1, 0.15) is 29.2 Å². The number of benzene rings is 4. The maximum Gasteiger partial charge on any atom is 0.264 e. The number of rotatable bonds is 12. The molecule has 0 radical (unpaired) electrons. The molecule has 0 heterocycles. The van der Waals surface area contributed by atoms with E-state index in [4.69, 9.17) is 34.8 Å². The third-order valence-corrected chi connectivity index (χ3v) is 9.89. The summed E-state index contributed by atoms with van der Waals surface area (Å²) < 4.78 is 29.5. The summed E-state index contributed by atoms with van der Waals surface area (Å²) in [5.74, 6) is -0.978. The molecule has 1 N–H and O–H groups in total. The fraction of sp³-hybridized carbons (Fsp3) is 0.235. The van der Waals surface area contributed by atoms with Gasteiger partial charge in [-0.05, 0) is 79.9 Å². The molecule has 0 aliphatic heterocycles. The minimum absolute atomic E-state index is 0.0205. The molecule has 0 aliphatic carbocycles. The van der Waals surface area contributed by atoms with Gasteiger partial charge >= 0.3 is 0 Å². The van der Waals surface area contributed by atoms with Crippen molar-refractivity contribution in [3.05, 3.63) is 128 Å². The first kappa shape index (κ1) is 34.3. The molecule has 11 heteroatoms. The van der Waals surface area contributed by atoms with Crippen LogP contribution in [0, 0.1) is 13.8 Å². The molecule has 236 valence electrons. The molecular formula is C34H34Cl3N3O4S. The number of nitrogens with zero attached hydrogens (tertiary/aromatic N) is 2. The highest BCUT2D eigenvalue weighted by molar-refractivity contribution is 7.92. The number of aryl methyl sites for hydroxylation is 2. The van der Waals surface area contributed by atoms with Crippen LogP contribution >= 0.6 is 34.8 Å². The Hall–Kier alpha value is -3.56. The number of likely N-dealkylation sites (N-methyl/N-ethyl adjacent to an activating group) is 1. The van der Waals surface area contributed by atoms with E-state index >= 15 is 0 Å². The van der Waals surface area contributed by atoms with Crippen molar-refractivity contribution in [3.8, 4) is 0 Å². The van der Waals surface area contributed by atoms with Gasteiger partial charge in [0, 0.05) is 34.6 Å². The first-order valence-corrected chi connectivity index (χ1v) is 16.9. The third kappa shape index (κ3) is 8.58. The van der Waals surface area contributed by atoms with E-state index in [1.807, 2.05) is 37.3 Å². The van der Waals surface area contributed by atoms with Crippen molar-refractivity contribution >= 4 is 62.3 Å². The zero-order valence-corrected chi connectivity index (χ0v) is 28.2. The monoisotopic (exact) mass is 685 g/mol. The number of hydrogen-bond acceptors (Lipinski definition) is 4. The Morgan fingerprint density at radius 1 is 0.844 bits per heavy atom. The summed E-state index contributed by atoms with van der Waals surface area (Å²) in [5.41, 5.74) is 3.10. The van der Waals surface area contributed by atoms with Crippen molar-refractivity contribution < 1.29 is 18.0 Å². The molecule has 45 heavy (non-hydrogen) atoms. The molecule has 4 aromatic rings. The standard InChI is InChI=1S/C34H34Cl3N3O4S/c1-4-38-34(42)32(19-25-8-6-5-7-9-25)39(21-26-12-13-28(36)20-30(26)37)33(41)22-40(31-17-14-27(35)18-24(31)3)45(43,44)29-15-10-23(2)11-16-29/h5-18,20,32H,4,19,21-22H2,1-3H3,(H,38,42)/t32-/m1/s1. The lowest BCUT2D eigenvalue weighted by atomic mass is 10.0. The SMILES string of the molecule is CCNC(=O)[C@@H](Cc1ccccc1)N(Cc1ccc(Cl)cc1Cl)C(=O)CN(c1ccc(Cl)cc1C)S(=O)(=O)c1ccc(C)cc1. The Morgan fingerprint density at radius 3 is 2.11 bits per heavy atom. The van der Waals surface area contributed by atoms with Gasteiger partial charge in [0.2, 0.25) is 11.8 Å². The lowest BCUT2D eigenvalue weighted by Gasteiger charge is -2.34. The summed E-state index contributed by atoms with van der Waals surface area (Å²) in [6.45, 7) is 5.05. The minimum Gasteiger partial charge on any atom is -0.355 e. The maximum absolute atomic E-state index is 14.5. The molecule has 0 bridgehead atoms. The van der Waals surface area contributed by atoms with E-state index in [2.05, 4.69) is 5.32 Å². The lowest BCUT2D eigenvalue weighted by molar-refractivity contribution is -0.140. The highest BCUT2D eigenvalue weighted by atomic mass is 35.5. The average Bonchev–Trinajstić information content (AvgIpc) is 2.99. The molecule has 0 aromatic heterocycles. The number of sulfonamides is 1. The molecule has 2 amide bonds. The van der Waals surface area contributed by atoms with Gasteiger partial charge < -0.3 is 10.2 Å². The van der Waals surface area contributed by atoms with E-state index in [1.54, 1.807) is 62.4 Å². The predicted molar refractivity (Wildman–Crippen MR) is 182 cm³/mol. The van der Waals surface area contributed by atoms with Gasteiger partial charge in [0.1, 0.15) is 12.6 Å². The summed E-state index contributed by atoms with van der Waals surface area (Å²) >= 11 is 18.9. The van der Waals surface area contributed by atoms with Crippen molar-refractivity contribution in [2.75, 3.05) is 17.4 Å². The molecule has 0 unspecified atom stereocenters. The Labute approximate surface area is 279 Å². The average molecular weight is 687 g/mol. The molecule has 0 spiro atoms. The number of anilines is 1. The Kier molecular flexibility index (Phi) is 11.6. The first-order valence-electron chi connectivity index (χ1n) is 14.3. The van der Waals surface area contributed by atoms with E-state index in [0.29, 0.717) is 32.7 Å². The van der Waals surface area contributed by atoms with Crippen LogP contribution in [0.2, 0.25) is 15.1 Å². The smallest absolute Gasteiger partial charge is 0.264 e. The van der Waals surface area contributed by atoms with Gasteiger partial charge in [-0.2, -0.15) is 0 Å². The molecule has 0 aliphatic rings. The van der Waals surface area contributed by atoms with Crippen LogP contribution in [0.5, 0.6) is 0 Å². The van der Waals surface area contributed by atoms with Gasteiger partial charge in [-0.15, -0.1) is 0 Å². The number of halogens is 3. The summed E-state index contributed by atoms with van der Waals surface area (Å²) in [4.78, 5) is 29.5. The summed E-state index contributed by atoms with van der Waals surface area (Å²) in [6, 6.07) is 24.4. The molecule has 7 nitrogen and oxygen atoms in total. The van der Waals surface area contributed by atoms with Gasteiger partial charge in [-0.25, -0.2) is 8.42 Å². The van der Waals surface area contributed by atoms with Gasteiger partial charge in [0.15, 0.2) is 0 Å². The Morgan fingerprint density at radius 2 is 1.49 bits per heavy atom. The molecule has 4 aromatic carbocycles. The normalized spacial score (nSPS) is 12.0. The Bertz CT molecular complexity index is 1770. The van der Waals surface area contributed by atoms with Crippen LogP contribution in [0.15, 0.2) is 95.9 Å². The van der Waals surface area contributed by atoms with Gasteiger partial charge in [0.25, 0.3) is 10.0 Å². The van der Waals surface area contributed by atoms with Crippen LogP contribution < -0.4 is 9.62 Å². The first-order chi connectivity index (χ1) is 21.4. The van der Waals surface area contributed by atoms with Gasteiger partial charge in [-0.1, -0.05) is 88.9 Å². The zero-order valence-electron chi connectivity index (χ0n) is 25.1. The summed E-state index contributed by atoms with van der Waals surface area (Å²) in [6.07, 6.45) is 0.189. The quantitative estimate of drug-likeness (QED) is 0.170. The maximum atomic E-state index is 14.5. The minimum atomic E-state index is -4.24. The van der Waals surface area contributed by atoms with E-state index in [-0.39, 0.29) is 29.5 Å². The van der Waals surface area contributed by atoms with Crippen molar-refractivity contribution in [3.63, 3.8) is 0 Å². The largest absolute Gasteiger partial charge is 0.355 e. The fourth-order valence-electron chi connectivity index (χ4n) is 4.93. The summed E-state index contributed by atoms with van der Waals surface area (Å²) in [7, 11) is -4.24. The van der Waals surface area contributed by atoms with E-state index < -0.39 is 28.5 Å². The highest BCUT2D eigenvalue weighted by Gasteiger charge is 2.35. The van der Waals surface area contributed by atoms with E-state index in [9.17, 15) is 18.0 Å². The lowest BCUT2D eigenvalue weighted by Crippen LogP contribution is -2.53. The highest BCUT2D eigenvalue weighted by Crippen LogP contribution is 2.30. The van der Waals surface area contributed by atoms with Crippen LogP contribution in [-0.2, 0) is 32.6 Å². The van der Waals surface area contributed by atoms with E-state index in [1.165, 1.54) is 17.0 Å². The van der Waals surface area contributed by atoms with Crippen molar-refractivity contribution in [2.45, 2.75) is 44.7 Å². The molecule has 1 atom stereocenters. The van der Waals surface area contributed by atoms with Gasteiger partial charge in [0.05, 0.1) is 10.6 Å². The van der Waals surface area contributed by atoms with Crippen LogP contribution in [0.3, 0.4) is 0 Å². The van der Waals surface area contributed by atoms with Crippen LogP contribution in [-0.4, -0.2) is 44.3 Å². The Balaban J connectivity index is 1.84. The van der Waals surface area contributed by atoms with Crippen molar-refractivity contribution in [1.29, 1.82) is 0 Å². The van der Waals surface area contributed by atoms with Crippen LogP contribution in [0.25, 0.3) is 0 Å². The molecule has 0 saturated carbocycles. The molecule has 0 fully saturated rings. The predicted octanol–water partition coefficient (Wildman–Crippen LogP) is 7.24. The second-order valence-electron chi connectivity index (χ2n) is 10.6.